The summed E-state index contributed by atoms with van der Waals surface area (Å²) < 4.78 is 23.5. The van der Waals surface area contributed by atoms with Crippen LogP contribution in [-0.2, 0) is 9.84 Å². The number of nitrogens with zero attached hydrogens (tertiary/aromatic N) is 1. The average Bonchev–Trinajstić information content (AvgIpc) is 2.70. The summed E-state index contributed by atoms with van der Waals surface area (Å²) in [5, 5.41) is 3.32. The van der Waals surface area contributed by atoms with Crippen LogP contribution in [-0.4, -0.2) is 57.5 Å². The standard InChI is InChI=1S/C14H30N2O2S/c1-11(2)9-12(16(3)4)10-15-13-7-6-8-14(13)19(5,17)18/h11-15H,6-10H2,1-5H3. The molecule has 0 aromatic carbocycles. The summed E-state index contributed by atoms with van der Waals surface area (Å²) >= 11 is 0. The van der Waals surface area contributed by atoms with E-state index in [2.05, 4.69) is 38.2 Å². The molecule has 1 saturated carbocycles. The van der Waals surface area contributed by atoms with Gasteiger partial charge in [0.15, 0.2) is 9.84 Å². The zero-order valence-corrected chi connectivity index (χ0v) is 13.8. The fourth-order valence-corrected chi connectivity index (χ4v) is 4.40. The summed E-state index contributed by atoms with van der Waals surface area (Å²) in [4.78, 5) is 2.23. The molecule has 3 unspecified atom stereocenters. The molecule has 1 aliphatic carbocycles. The van der Waals surface area contributed by atoms with E-state index in [1.54, 1.807) is 0 Å². The van der Waals surface area contributed by atoms with Crippen molar-refractivity contribution in [2.45, 2.75) is 56.9 Å². The lowest BCUT2D eigenvalue weighted by Crippen LogP contribution is -2.46. The van der Waals surface area contributed by atoms with Gasteiger partial charge >= 0.3 is 0 Å². The Labute approximate surface area is 118 Å². The molecule has 19 heavy (non-hydrogen) atoms. The Morgan fingerprint density at radius 1 is 1.26 bits per heavy atom. The van der Waals surface area contributed by atoms with E-state index in [1.165, 1.54) is 6.26 Å². The summed E-state index contributed by atoms with van der Waals surface area (Å²) in [6.07, 6.45) is 5.32. The normalized spacial score (nSPS) is 26.3. The Morgan fingerprint density at radius 3 is 2.37 bits per heavy atom. The van der Waals surface area contributed by atoms with Gasteiger partial charge in [0.1, 0.15) is 0 Å². The van der Waals surface area contributed by atoms with E-state index in [9.17, 15) is 8.42 Å². The molecule has 0 radical (unpaired) electrons. The van der Waals surface area contributed by atoms with Crippen LogP contribution < -0.4 is 5.32 Å². The highest BCUT2D eigenvalue weighted by atomic mass is 32.2. The van der Waals surface area contributed by atoms with Crippen molar-refractivity contribution < 1.29 is 8.42 Å². The lowest BCUT2D eigenvalue weighted by Gasteiger charge is -2.29. The summed E-state index contributed by atoms with van der Waals surface area (Å²) in [5.41, 5.74) is 0. The molecule has 0 amide bonds. The maximum atomic E-state index is 11.7. The topological polar surface area (TPSA) is 49.4 Å². The number of likely N-dealkylation sites (N-methyl/N-ethyl adjacent to an activating group) is 1. The molecule has 1 N–H and O–H groups in total. The molecule has 0 saturated heterocycles. The van der Waals surface area contributed by atoms with Crippen molar-refractivity contribution in [2.24, 2.45) is 5.92 Å². The predicted molar refractivity (Wildman–Crippen MR) is 81.2 cm³/mol. The Balaban J connectivity index is 2.54. The zero-order valence-electron chi connectivity index (χ0n) is 13.0. The summed E-state index contributed by atoms with van der Waals surface area (Å²) in [5.74, 6) is 0.656. The number of nitrogens with one attached hydrogen (secondary N) is 1. The van der Waals surface area contributed by atoms with Gasteiger partial charge in [-0.15, -0.1) is 0 Å². The monoisotopic (exact) mass is 290 g/mol. The van der Waals surface area contributed by atoms with E-state index in [-0.39, 0.29) is 11.3 Å². The summed E-state index contributed by atoms with van der Waals surface area (Å²) in [6.45, 7) is 5.33. The minimum absolute atomic E-state index is 0.143. The zero-order chi connectivity index (χ0) is 14.6. The molecular formula is C14H30N2O2S. The van der Waals surface area contributed by atoms with Crippen LogP contribution in [0.1, 0.15) is 39.5 Å². The largest absolute Gasteiger partial charge is 0.311 e. The SMILES string of the molecule is CC(C)CC(CNC1CCCC1S(C)(=O)=O)N(C)C. The summed E-state index contributed by atoms with van der Waals surface area (Å²) in [6, 6.07) is 0.616. The minimum atomic E-state index is -2.92. The van der Waals surface area contributed by atoms with Crippen LogP contribution >= 0.6 is 0 Å². The van der Waals surface area contributed by atoms with Gasteiger partial charge in [-0.25, -0.2) is 8.42 Å². The van der Waals surface area contributed by atoms with E-state index in [0.29, 0.717) is 12.0 Å². The molecular weight excluding hydrogens is 260 g/mol. The molecule has 1 aliphatic rings. The second-order valence-corrected chi connectivity index (χ2v) is 8.83. The Morgan fingerprint density at radius 2 is 1.89 bits per heavy atom. The van der Waals surface area contributed by atoms with Gasteiger partial charge in [-0.3, -0.25) is 0 Å². The molecule has 0 aromatic rings. The maximum absolute atomic E-state index is 11.7. The highest BCUT2D eigenvalue weighted by Crippen LogP contribution is 2.25. The van der Waals surface area contributed by atoms with E-state index in [0.717, 1.165) is 32.2 Å². The second kappa shape index (κ2) is 7.04. The highest BCUT2D eigenvalue weighted by molar-refractivity contribution is 7.91. The molecule has 0 aliphatic heterocycles. The second-order valence-electron chi connectivity index (χ2n) is 6.56. The lowest BCUT2D eigenvalue weighted by molar-refractivity contribution is 0.240. The molecule has 3 atom stereocenters. The lowest BCUT2D eigenvalue weighted by atomic mass is 10.0. The van der Waals surface area contributed by atoms with E-state index in [4.69, 9.17) is 0 Å². The Hall–Kier alpha value is -0.130. The van der Waals surface area contributed by atoms with Crippen LogP contribution in [0.4, 0.5) is 0 Å². The molecule has 1 rings (SSSR count). The van der Waals surface area contributed by atoms with Crippen LogP contribution in [0.2, 0.25) is 0 Å². The van der Waals surface area contributed by atoms with E-state index >= 15 is 0 Å². The van der Waals surface area contributed by atoms with Crippen LogP contribution in [0.25, 0.3) is 0 Å². The van der Waals surface area contributed by atoms with Crippen molar-refractivity contribution in [2.75, 3.05) is 26.9 Å². The van der Waals surface area contributed by atoms with Crippen LogP contribution in [0.3, 0.4) is 0 Å². The molecule has 1 fully saturated rings. The average molecular weight is 290 g/mol. The van der Waals surface area contributed by atoms with Gasteiger partial charge in [-0.05, 0) is 39.3 Å². The number of rotatable bonds is 7. The Kier molecular flexibility index (Phi) is 6.27. The van der Waals surface area contributed by atoms with Crippen molar-refractivity contribution in [3.8, 4) is 0 Å². The molecule has 114 valence electrons. The van der Waals surface area contributed by atoms with Crippen molar-refractivity contribution in [3.05, 3.63) is 0 Å². The fourth-order valence-electron chi connectivity index (χ4n) is 2.98. The van der Waals surface area contributed by atoms with Gasteiger partial charge in [-0.1, -0.05) is 20.3 Å². The van der Waals surface area contributed by atoms with Gasteiger partial charge in [-0.2, -0.15) is 0 Å². The van der Waals surface area contributed by atoms with Crippen molar-refractivity contribution in [3.63, 3.8) is 0 Å². The third kappa shape index (κ3) is 5.40. The minimum Gasteiger partial charge on any atom is -0.311 e. The third-order valence-corrected chi connectivity index (χ3v) is 5.76. The van der Waals surface area contributed by atoms with Gasteiger partial charge in [0, 0.05) is 24.9 Å². The molecule has 4 nitrogen and oxygen atoms in total. The van der Waals surface area contributed by atoms with Gasteiger partial charge < -0.3 is 10.2 Å². The molecule has 0 aromatic heterocycles. The molecule has 0 bridgehead atoms. The van der Waals surface area contributed by atoms with Gasteiger partial charge in [0.05, 0.1) is 5.25 Å². The first kappa shape index (κ1) is 16.9. The smallest absolute Gasteiger partial charge is 0.151 e. The van der Waals surface area contributed by atoms with E-state index < -0.39 is 9.84 Å². The van der Waals surface area contributed by atoms with Crippen molar-refractivity contribution in [1.29, 1.82) is 0 Å². The first-order valence-corrected chi connectivity index (χ1v) is 9.26. The Bertz CT molecular complexity index is 366. The van der Waals surface area contributed by atoms with Crippen LogP contribution in [0.15, 0.2) is 0 Å². The quantitative estimate of drug-likeness (QED) is 0.772. The summed E-state index contributed by atoms with van der Waals surface area (Å²) in [7, 11) is 1.27. The predicted octanol–water partition coefficient (Wildman–Crippen LogP) is 1.52. The van der Waals surface area contributed by atoms with Gasteiger partial charge in [0.2, 0.25) is 0 Å². The molecule has 0 heterocycles. The van der Waals surface area contributed by atoms with Gasteiger partial charge in [0.25, 0.3) is 0 Å². The number of hydrogen-bond donors (Lipinski definition) is 1. The first-order chi connectivity index (χ1) is 8.71. The number of sulfone groups is 1. The molecule has 0 spiro atoms. The number of hydrogen-bond acceptors (Lipinski definition) is 4. The van der Waals surface area contributed by atoms with Crippen molar-refractivity contribution in [1.82, 2.24) is 10.2 Å². The third-order valence-electron chi connectivity index (χ3n) is 4.09. The van der Waals surface area contributed by atoms with Crippen LogP contribution in [0, 0.1) is 5.92 Å². The maximum Gasteiger partial charge on any atom is 0.151 e. The van der Waals surface area contributed by atoms with Crippen LogP contribution in [0.5, 0.6) is 0 Å². The van der Waals surface area contributed by atoms with E-state index in [1.807, 2.05) is 0 Å². The highest BCUT2D eigenvalue weighted by Gasteiger charge is 2.34. The fraction of sp³-hybridized carbons (Fsp3) is 1.00. The first-order valence-electron chi connectivity index (χ1n) is 7.30. The molecule has 5 heteroatoms. The van der Waals surface area contributed by atoms with Crippen molar-refractivity contribution >= 4 is 9.84 Å².